The molecule has 1 aromatic carbocycles. The highest BCUT2D eigenvalue weighted by molar-refractivity contribution is 5.99. The Bertz CT molecular complexity index is 459. The van der Waals surface area contributed by atoms with Crippen molar-refractivity contribution in [1.29, 1.82) is 0 Å². The molecule has 0 aromatic heterocycles. The van der Waals surface area contributed by atoms with Crippen LogP contribution in [0.4, 0.5) is 5.69 Å². The summed E-state index contributed by atoms with van der Waals surface area (Å²) in [5, 5.41) is 3.06. The number of rotatable bonds is 6. The van der Waals surface area contributed by atoms with Crippen molar-refractivity contribution in [2.24, 2.45) is 5.41 Å². The first-order chi connectivity index (χ1) is 9.67. The summed E-state index contributed by atoms with van der Waals surface area (Å²) in [6.07, 6.45) is 5.83. The van der Waals surface area contributed by atoms with Gasteiger partial charge in [-0.05, 0) is 36.8 Å². The van der Waals surface area contributed by atoms with Gasteiger partial charge in [0.25, 0.3) is 5.91 Å². The van der Waals surface area contributed by atoms with Crippen LogP contribution >= 0.6 is 12.4 Å². The molecule has 5 heteroatoms. The number of methoxy groups -OCH3 is 1. The molecule has 0 heterocycles. The number of hydrogen-bond donors (Lipinski definition) is 2. The van der Waals surface area contributed by atoms with Crippen LogP contribution in [0.15, 0.2) is 24.3 Å². The minimum Gasteiger partial charge on any atom is -0.398 e. The first-order valence-corrected chi connectivity index (χ1v) is 7.28. The van der Waals surface area contributed by atoms with E-state index in [9.17, 15) is 4.79 Å². The van der Waals surface area contributed by atoms with Crippen molar-refractivity contribution in [1.82, 2.24) is 5.32 Å². The van der Waals surface area contributed by atoms with Crippen LogP contribution in [0.5, 0.6) is 0 Å². The van der Waals surface area contributed by atoms with Gasteiger partial charge in [0.2, 0.25) is 0 Å². The van der Waals surface area contributed by atoms with Crippen molar-refractivity contribution in [2.45, 2.75) is 32.1 Å². The van der Waals surface area contributed by atoms with E-state index in [1.807, 2.05) is 12.1 Å². The largest absolute Gasteiger partial charge is 0.398 e. The second-order valence-corrected chi connectivity index (χ2v) is 5.72. The van der Waals surface area contributed by atoms with Crippen molar-refractivity contribution >= 4 is 24.0 Å². The quantitative estimate of drug-likeness (QED) is 0.794. The number of hydrogen-bond acceptors (Lipinski definition) is 3. The first-order valence-electron chi connectivity index (χ1n) is 7.28. The van der Waals surface area contributed by atoms with Gasteiger partial charge in [-0.2, -0.15) is 0 Å². The molecule has 1 aromatic rings. The Hall–Kier alpha value is -1.26. The summed E-state index contributed by atoms with van der Waals surface area (Å²) in [6.45, 7) is 1.47. The Kier molecular flexibility index (Phi) is 6.99. The van der Waals surface area contributed by atoms with Gasteiger partial charge in [0.1, 0.15) is 0 Å². The van der Waals surface area contributed by atoms with Crippen molar-refractivity contribution in [3.05, 3.63) is 29.8 Å². The lowest BCUT2D eigenvalue weighted by Gasteiger charge is -2.29. The smallest absolute Gasteiger partial charge is 0.253 e. The van der Waals surface area contributed by atoms with Gasteiger partial charge in [-0.1, -0.05) is 25.0 Å². The van der Waals surface area contributed by atoms with Crippen LogP contribution in [0.25, 0.3) is 0 Å². The van der Waals surface area contributed by atoms with Crippen LogP contribution in [-0.2, 0) is 4.74 Å². The van der Waals surface area contributed by atoms with Gasteiger partial charge in [-0.25, -0.2) is 0 Å². The van der Waals surface area contributed by atoms with Crippen molar-refractivity contribution in [2.75, 3.05) is 26.0 Å². The summed E-state index contributed by atoms with van der Waals surface area (Å²) < 4.78 is 5.21. The average Bonchev–Trinajstić information content (AvgIpc) is 2.92. The molecule has 3 N–H and O–H groups in total. The Balaban J connectivity index is 0.00000220. The normalized spacial score (nSPS) is 16.2. The van der Waals surface area contributed by atoms with E-state index in [-0.39, 0.29) is 23.7 Å². The highest BCUT2D eigenvalue weighted by Crippen LogP contribution is 2.40. The SMILES string of the molecule is COCCC1(CNC(=O)c2ccccc2N)CCCC1.Cl. The fraction of sp³-hybridized carbons (Fsp3) is 0.562. The zero-order valence-electron chi connectivity index (χ0n) is 12.6. The number of para-hydroxylation sites is 1. The number of nitrogens with two attached hydrogens (primary N) is 1. The second-order valence-electron chi connectivity index (χ2n) is 5.72. The van der Waals surface area contributed by atoms with Gasteiger partial charge in [-0.15, -0.1) is 12.4 Å². The predicted octanol–water partition coefficient (Wildman–Crippen LogP) is 3.02. The predicted molar refractivity (Wildman–Crippen MR) is 87.8 cm³/mol. The van der Waals surface area contributed by atoms with Crippen molar-refractivity contribution in [3.63, 3.8) is 0 Å². The molecule has 0 bridgehead atoms. The fourth-order valence-corrected chi connectivity index (χ4v) is 3.03. The molecule has 4 nitrogen and oxygen atoms in total. The van der Waals surface area contributed by atoms with E-state index in [4.69, 9.17) is 10.5 Å². The Labute approximate surface area is 132 Å². The molecule has 0 aliphatic heterocycles. The standard InChI is InChI=1S/C16H24N2O2.ClH/c1-20-11-10-16(8-4-5-9-16)12-18-15(19)13-6-2-3-7-14(13)17;/h2-3,6-7H,4-5,8-12,17H2,1H3,(H,18,19);1H. The molecule has 2 rings (SSSR count). The van der Waals surface area contributed by atoms with E-state index in [0.717, 1.165) is 13.0 Å². The number of nitrogens with one attached hydrogen (secondary N) is 1. The zero-order valence-corrected chi connectivity index (χ0v) is 13.4. The monoisotopic (exact) mass is 312 g/mol. The lowest BCUT2D eigenvalue weighted by Crippen LogP contribution is -2.37. The molecule has 1 aliphatic carbocycles. The third kappa shape index (κ3) is 4.61. The van der Waals surface area contributed by atoms with Crippen molar-refractivity contribution < 1.29 is 9.53 Å². The average molecular weight is 313 g/mol. The van der Waals surface area contributed by atoms with E-state index in [1.165, 1.54) is 25.7 Å². The number of anilines is 1. The molecular formula is C16H25ClN2O2. The van der Waals surface area contributed by atoms with E-state index in [2.05, 4.69) is 5.32 Å². The van der Waals surface area contributed by atoms with E-state index in [0.29, 0.717) is 17.8 Å². The number of halogens is 1. The maximum Gasteiger partial charge on any atom is 0.253 e. The van der Waals surface area contributed by atoms with Crippen LogP contribution in [0.1, 0.15) is 42.5 Å². The van der Waals surface area contributed by atoms with Crippen LogP contribution in [0.2, 0.25) is 0 Å². The number of nitrogen functional groups attached to an aromatic ring is 1. The zero-order chi connectivity index (χ0) is 14.4. The summed E-state index contributed by atoms with van der Waals surface area (Å²) in [7, 11) is 1.73. The number of carbonyl (C=O) groups excluding carboxylic acids is 1. The van der Waals surface area contributed by atoms with Crippen LogP contribution < -0.4 is 11.1 Å². The second kappa shape index (κ2) is 8.25. The number of benzene rings is 1. The summed E-state index contributed by atoms with van der Waals surface area (Å²) in [6, 6.07) is 7.19. The molecular weight excluding hydrogens is 288 g/mol. The molecule has 0 spiro atoms. The molecule has 118 valence electrons. The lowest BCUT2D eigenvalue weighted by atomic mass is 9.83. The molecule has 1 amide bonds. The molecule has 1 aliphatic rings. The first kappa shape index (κ1) is 17.8. The van der Waals surface area contributed by atoms with E-state index >= 15 is 0 Å². The van der Waals surface area contributed by atoms with Gasteiger partial charge in [0, 0.05) is 25.9 Å². The third-order valence-electron chi connectivity index (χ3n) is 4.33. The topological polar surface area (TPSA) is 64.3 Å². The van der Waals surface area contributed by atoms with E-state index < -0.39 is 0 Å². The molecule has 0 saturated heterocycles. The Morgan fingerprint density at radius 2 is 2.00 bits per heavy atom. The lowest BCUT2D eigenvalue weighted by molar-refractivity contribution is 0.0904. The molecule has 0 atom stereocenters. The Morgan fingerprint density at radius 3 is 2.62 bits per heavy atom. The van der Waals surface area contributed by atoms with Gasteiger partial charge in [0.15, 0.2) is 0 Å². The maximum atomic E-state index is 12.2. The molecule has 0 radical (unpaired) electrons. The number of carbonyl (C=O) groups is 1. The summed E-state index contributed by atoms with van der Waals surface area (Å²) in [4.78, 5) is 12.2. The van der Waals surface area contributed by atoms with Crippen LogP contribution in [-0.4, -0.2) is 26.2 Å². The fourth-order valence-electron chi connectivity index (χ4n) is 3.03. The maximum absolute atomic E-state index is 12.2. The molecule has 21 heavy (non-hydrogen) atoms. The Morgan fingerprint density at radius 1 is 1.33 bits per heavy atom. The highest BCUT2D eigenvalue weighted by atomic mass is 35.5. The van der Waals surface area contributed by atoms with Crippen LogP contribution in [0, 0.1) is 5.41 Å². The van der Waals surface area contributed by atoms with Gasteiger partial charge >= 0.3 is 0 Å². The minimum absolute atomic E-state index is 0. The van der Waals surface area contributed by atoms with Gasteiger partial charge in [-0.3, -0.25) is 4.79 Å². The molecule has 0 unspecified atom stereocenters. The van der Waals surface area contributed by atoms with Gasteiger partial charge in [0.05, 0.1) is 5.56 Å². The number of ether oxygens (including phenoxy) is 1. The minimum atomic E-state index is -0.0770. The summed E-state index contributed by atoms with van der Waals surface area (Å²) >= 11 is 0. The van der Waals surface area contributed by atoms with Crippen LogP contribution in [0.3, 0.4) is 0 Å². The number of amides is 1. The van der Waals surface area contributed by atoms with Crippen molar-refractivity contribution in [3.8, 4) is 0 Å². The highest BCUT2D eigenvalue weighted by Gasteiger charge is 2.33. The third-order valence-corrected chi connectivity index (χ3v) is 4.33. The van der Waals surface area contributed by atoms with Gasteiger partial charge < -0.3 is 15.8 Å². The summed E-state index contributed by atoms with van der Waals surface area (Å²) in [5.74, 6) is -0.0770. The molecule has 1 saturated carbocycles. The van der Waals surface area contributed by atoms with E-state index in [1.54, 1.807) is 19.2 Å². The molecule has 1 fully saturated rings. The summed E-state index contributed by atoms with van der Waals surface area (Å²) in [5.41, 5.74) is 7.13.